The number of fused-ring (bicyclic) bond motifs is 1. The van der Waals surface area contributed by atoms with Crippen LogP contribution in [0.1, 0.15) is 0 Å². The van der Waals surface area contributed by atoms with Crippen molar-refractivity contribution >= 4 is 22.3 Å². The fraction of sp³-hybridized carbons (Fsp3) is 0.308. The van der Waals surface area contributed by atoms with Gasteiger partial charge in [-0.25, -0.2) is 4.98 Å². The van der Waals surface area contributed by atoms with Crippen LogP contribution < -0.4 is 5.32 Å². The van der Waals surface area contributed by atoms with Crippen molar-refractivity contribution in [2.24, 2.45) is 0 Å². The average molecular weight is 293 g/mol. The smallest absolute Gasteiger partial charge is 0.295 e. The lowest BCUT2D eigenvalue weighted by Crippen LogP contribution is -2.49. The van der Waals surface area contributed by atoms with E-state index in [4.69, 9.17) is 0 Å². The van der Waals surface area contributed by atoms with E-state index in [1.807, 2.05) is 0 Å². The Kier molecular flexibility index (Phi) is 4.32. The van der Waals surface area contributed by atoms with Crippen LogP contribution in [0.2, 0.25) is 0 Å². The van der Waals surface area contributed by atoms with E-state index in [1.165, 1.54) is 18.3 Å². The first kappa shape index (κ1) is 15.1. The number of nitro groups is 1. The highest BCUT2D eigenvalue weighted by Crippen LogP contribution is 2.31. The summed E-state index contributed by atoms with van der Waals surface area (Å²) in [6.07, 6.45) is 1.44. The van der Waals surface area contributed by atoms with Gasteiger partial charge in [-0.3, -0.25) is 10.1 Å². The standard InChI is InChI=1S/C13H15N3O5/c17-6-13(7-18,8-19)15-10-3-4-11(16(20)21)12-9(10)2-1-5-14-12/h1-5,15,17-19H,6-8H2. The number of hydrogen-bond acceptors (Lipinski definition) is 7. The molecule has 2 rings (SSSR count). The molecule has 1 aromatic heterocycles. The predicted molar refractivity (Wildman–Crippen MR) is 76.0 cm³/mol. The van der Waals surface area contributed by atoms with Crippen LogP contribution in [0.4, 0.5) is 11.4 Å². The fourth-order valence-electron chi connectivity index (χ4n) is 1.97. The van der Waals surface area contributed by atoms with Gasteiger partial charge in [-0.15, -0.1) is 0 Å². The number of aliphatic hydroxyl groups is 3. The number of hydrogen-bond donors (Lipinski definition) is 4. The summed E-state index contributed by atoms with van der Waals surface area (Å²) in [7, 11) is 0. The number of nitrogens with one attached hydrogen (secondary N) is 1. The second kappa shape index (κ2) is 6.00. The maximum absolute atomic E-state index is 11.0. The summed E-state index contributed by atoms with van der Waals surface area (Å²) in [4.78, 5) is 14.5. The van der Waals surface area contributed by atoms with Crippen molar-refractivity contribution in [2.45, 2.75) is 5.54 Å². The van der Waals surface area contributed by atoms with Crippen molar-refractivity contribution in [3.05, 3.63) is 40.6 Å². The zero-order valence-corrected chi connectivity index (χ0v) is 11.1. The van der Waals surface area contributed by atoms with Crippen molar-refractivity contribution in [3.63, 3.8) is 0 Å². The Labute approximate surface area is 119 Å². The summed E-state index contributed by atoms with van der Waals surface area (Å²) >= 11 is 0. The lowest BCUT2D eigenvalue weighted by Gasteiger charge is -2.30. The normalized spacial score (nSPS) is 11.6. The molecule has 21 heavy (non-hydrogen) atoms. The Balaban J connectivity index is 2.56. The van der Waals surface area contributed by atoms with Crippen molar-refractivity contribution in [3.8, 4) is 0 Å². The molecule has 1 aromatic carbocycles. The van der Waals surface area contributed by atoms with Crippen LogP contribution in [0.5, 0.6) is 0 Å². The van der Waals surface area contributed by atoms with Crippen LogP contribution in [-0.2, 0) is 0 Å². The summed E-state index contributed by atoms with van der Waals surface area (Å²) in [5, 5.41) is 42.3. The minimum atomic E-state index is -1.32. The first-order valence-corrected chi connectivity index (χ1v) is 6.20. The van der Waals surface area contributed by atoms with Crippen LogP contribution in [0.15, 0.2) is 30.5 Å². The minimum Gasteiger partial charge on any atom is -0.394 e. The molecule has 1 heterocycles. The third kappa shape index (κ3) is 2.77. The Morgan fingerprint density at radius 1 is 1.19 bits per heavy atom. The maximum Gasteiger partial charge on any atom is 0.295 e. The number of aliphatic hydroxyl groups excluding tert-OH is 3. The summed E-state index contributed by atoms with van der Waals surface area (Å²) in [5.41, 5.74) is -0.839. The molecule has 0 saturated heterocycles. The van der Waals surface area contributed by atoms with Gasteiger partial charge in [0.2, 0.25) is 0 Å². The van der Waals surface area contributed by atoms with E-state index < -0.39 is 30.3 Å². The van der Waals surface area contributed by atoms with Gasteiger partial charge in [0, 0.05) is 23.3 Å². The molecule has 0 unspecified atom stereocenters. The second-order valence-corrected chi connectivity index (χ2v) is 4.67. The van der Waals surface area contributed by atoms with E-state index in [9.17, 15) is 25.4 Å². The number of rotatable bonds is 6. The largest absolute Gasteiger partial charge is 0.394 e. The van der Waals surface area contributed by atoms with Crippen molar-refractivity contribution in [1.29, 1.82) is 0 Å². The number of non-ortho nitro benzene ring substituents is 1. The molecule has 112 valence electrons. The van der Waals surface area contributed by atoms with Crippen molar-refractivity contribution < 1.29 is 20.2 Å². The van der Waals surface area contributed by atoms with E-state index in [-0.39, 0.29) is 11.2 Å². The predicted octanol–water partition coefficient (Wildman–Crippen LogP) is 0.271. The lowest BCUT2D eigenvalue weighted by atomic mass is 10.0. The van der Waals surface area contributed by atoms with E-state index in [1.54, 1.807) is 12.1 Å². The van der Waals surface area contributed by atoms with Crippen LogP contribution >= 0.6 is 0 Å². The van der Waals surface area contributed by atoms with Crippen molar-refractivity contribution in [2.75, 3.05) is 25.1 Å². The third-order valence-corrected chi connectivity index (χ3v) is 3.25. The summed E-state index contributed by atoms with van der Waals surface area (Å²) in [6, 6.07) is 6.00. The second-order valence-electron chi connectivity index (χ2n) is 4.67. The molecule has 0 saturated carbocycles. The first-order valence-electron chi connectivity index (χ1n) is 6.20. The molecule has 0 fully saturated rings. The van der Waals surface area contributed by atoms with Crippen molar-refractivity contribution in [1.82, 2.24) is 4.98 Å². The highest BCUT2D eigenvalue weighted by atomic mass is 16.6. The number of anilines is 1. The lowest BCUT2D eigenvalue weighted by molar-refractivity contribution is -0.383. The molecule has 8 heteroatoms. The molecule has 0 aliphatic heterocycles. The maximum atomic E-state index is 11.0. The van der Waals surface area contributed by atoms with Gasteiger partial charge in [0.05, 0.1) is 24.7 Å². The molecule has 0 amide bonds. The molecule has 0 spiro atoms. The number of nitro benzene ring substituents is 1. The Hall–Kier alpha value is -2.29. The van der Waals surface area contributed by atoms with Crippen LogP contribution in [0.3, 0.4) is 0 Å². The molecule has 0 radical (unpaired) electrons. The molecule has 0 aliphatic carbocycles. The molecule has 8 nitrogen and oxygen atoms in total. The van der Waals surface area contributed by atoms with Crippen LogP contribution in [-0.4, -0.2) is 50.6 Å². The molecule has 0 atom stereocenters. The van der Waals surface area contributed by atoms with Gasteiger partial charge in [0.25, 0.3) is 5.69 Å². The highest BCUT2D eigenvalue weighted by Gasteiger charge is 2.29. The van der Waals surface area contributed by atoms with E-state index >= 15 is 0 Å². The van der Waals surface area contributed by atoms with E-state index in [0.717, 1.165) is 0 Å². The zero-order valence-electron chi connectivity index (χ0n) is 11.1. The molecular weight excluding hydrogens is 278 g/mol. The van der Waals surface area contributed by atoms with Gasteiger partial charge in [-0.2, -0.15) is 0 Å². The summed E-state index contributed by atoms with van der Waals surface area (Å²) in [6.45, 7) is -1.50. The number of aromatic nitrogens is 1. The Morgan fingerprint density at radius 3 is 2.43 bits per heavy atom. The van der Waals surface area contributed by atoms with Gasteiger partial charge < -0.3 is 20.6 Å². The van der Waals surface area contributed by atoms with E-state index in [2.05, 4.69) is 10.3 Å². The van der Waals surface area contributed by atoms with Gasteiger partial charge in [-0.05, 0) is 18.2 Å². The number of pyridine rings is 1. The van der Waals surface area contributed by atoms with Crippen LogP contribution in [0.25, 0.3) is 10.9 Å². The van der Waals surface area contributed by atoms with Crippen LogP contribution in [0, 0.1) is 10.1 Å². The Morgan fingerprint density at radius 2 is 1.86 bits per heavy atom. The monoisotopic (exact) mass is 293 g/mol. The topological polar surface area (TPSA) is 129 Å². The minimum absolute atomic E-state index is 0.140. The quantitative estimate of drug-likeness (QED) is 0.444. The number of nitrogens with zero attached hydrogens (tertiary/aromatic N) is 2. The molecule has 2 aromatic rings. The third-order valence-electron chi connectivity index (χ3n) is 3.25. The summed E-state index contributed by atoms with van der Waals surface area (Å²) < 4.78 is 0. The Bertz CT molecular complexity index is 649. The molecule has 4 N–H and O–H groups in total. The number of benzene rings is 1. The molecular formula is C13H15N3O5. The average Bonchev–Trinajstić information content (AvgIpc) is 2.52. The molecule has 0 aliphatic rings. The van der Waals surface area contributed by atoms with Gasteiger partial charge in [0.15, 0.2) is 0 Å². The van der Waals surface area contributed by atoms with Gasteiger partial charge >= 0.3 is 0 Å². The highest BCUT2D eigenvalue weighted by molar-refractivity contribution is 5.97. The SMILES string of the molecule is O=[N+]([O-])c1ccc(NC(CO)(CO)CO)c2cccnc12. The van der Waals surface area contributed by atoms with E-state index in [0.29, 0.717) is 11.1 Å². The molecule has 0 bridgehead atoms. The first-order chi connectivity index (χ1) is 10.1. The fourth-order valence-corrected chi connectivity index (χ4v) is 1.97. The van der Waals surface area contributed by atoms with Gasteiger partial charge in [-0.1, -0.05) is 0 Å². The summed E-state index contributed by atoms with van der Waals surface area (Å²) in [5.74, 6) is 0. The zero-order chi connectivity index (χ0) is 15.5. The van der Waals surface area contributed by atoms with Gasteiger partial charge in [0.1, 0.15) is 11.1 Å².